The van der Waals surface area contributed by atoms with Crippen LogP contribution >= 0.6 is 22.9 Å². The van der Waals surface area contributed by atoms with E-state index in [1.54, 1.807) is 36.4 Å². The Hall–Kier alpha value is -1.94. The average molecular weight is 352 g/mol. The molecular formula is C16H15ClFN3OS. The maximum atomic E-state index is 13.8. The van der Waals surface area contributed by atoms with Gasteiger partial charge in [-0.2, -0.15) is 5.26 Å². The lowest BCUT2D eigenvalue weighted by Crippen LogP contribution is -2.39. The Balaban J connectivity index is 2.06. The highest BCUT2D eigenvalue weighted by molar-refractivity contribution is 7.14. The summed E-state index contributed by atoms with van der Waals surface area (Å²) in [5.41, 5.74) is 0.778. The van der Waals surface area contributed by atoms with Gasteiger partial charge in [0.15, 0.2) is 0 Å². The summed E-state index contributed by atoms with van der Waals surface area (Å²) in [4.78, 5) is 14.0. The summed E-state index contributed by atoms with van der Waals surface area (Å²) in [7, 11) is 1.71. The second kappa shape index (κ2) is 7.55. The van der Waals surface area contributed by atoms with Crippen LogP contribution in [0.25, 0.3) is 0 Å². The molecule has 0 spiro atoms. The summed E-state index contributed by atoms with van der Waals surface area (Å²) in [5.74, 6) is -0.666. The third-order valence-electron chi connectivity index (χ3n) is 3.53. The first-order valence-electron chi connectivity index (χ1n) is 6.85. The number of rotatable bonds is 5. The van der Waals surface area contributed by atoms with Gasteiger partial charge < -0.3 is 5.32 Å². The molecule has 120 valence electrons. The van der Waals surface area contributed by atoms with Gasteiger partial charge in [-0.1, -0.05) is 17.7 Å². The first-order chi connectivity index (χ1) is 10.9. The van der Waals surface area contributed by atoms with Crippen LogP contribution in [-0.4, -0.2) is 23.9 Å². The van der Waals surface area contributed by atoms with E-state index in [1.165, 1.54) is 23.5 Å². The molecule has 0 aliphatic rings. The van der Waals surface area contributed by atoms with Crippen LogP contribution in [0.1, 0.15) is 18.1 Å². The van der Waals surface area contributed by atoms with Crippen LogP contribution in [0, 0.1) is 17.1 Å². The maximum absolute atomic E-state index is 13.8. The number of benzene rings is 1. The van der Waals surface area contributed by atoms with Gasteiger partial charge in [0.05, 0.1) is 11.6 Å². The molecule has 0 radical (unpaired) electrons. The Labute approximate surface area is 143 Å². The number of amides is 1. The van der Waals surface area contributed by atoms with E-state index in [4.69, 9.17) is 16.9 Å². The molecule has 0 saturated carbocycles. The molecule has 0 fully saturated rings. The highest BCUT2D eigenvalue weighted by atomic mass is 35.5. The Morgan fingerprint density at radius 3 is 2.91 bits per heavy atom. The fourth-order valence-electron chi connectivity index (χ4n) is 1.98. The zero-order valence-corrected chi connectivity index (χ0v) is 14.2. The molecule has 7 heteroatoms. The van der Waals surface area contributed by atoms with Gasteiger partial charge in [-0.25, -0.2) is 4.39 Å². The van der Waals surface area contributed by atoms with E-state index in [2.05, 4.69) is 5.32 Å². The van der Waals surface area contributed by atoms with Gasteiger partial charge in [-0.3, -0.25) is 9.69 Å². The molecule has 1 aromatic carbocycles. The van der Waals surface area contributed by atoms with Crippen LogP contribution in [0.15, 0.2) is 29.6 Å². The number of nitriles is 1. The van der Waals surface area contributed by atoms with Crippen LogP contribution in [0.3, 0.4) is 0 Å². The Bertz CT molecular complexity index is 736. The fraction of sp³-hybridized carbons (Fsp3) is 0.250. The number of hydrogen-bond donors (Lipinski definition) is 1. The van der Waals surface area contributed by atoms with Gasteiger partial charge in [0.2, 0.25) is 5.91 Å². The van der Waals surface area contributed by atoms with Gasteiger partial charge in [-0.15, -0.1) is 11.3 Å². The van der Waals surface area contributed by atoms with Gasteiger partial charge in [0.25, 0.3) is 0 Å². The predicted octanol–water partition coefficient (Wildman–Crippen LogP) is 3.87. The molecule has 2 rings (SSSR count). The van der Waals surface area contributed by atoms with E-state index in [9.17, 15) is 9.18 Å². The van der Waals surface area contributed by atoms with E-state index in [0.29, 0.717) is 21.2 Å². The Morgan fingerprint density at radius 1 is 1.52 bits per heavy atom. The summed E-state index contributed by atoms with van der Waals surface area (Å²) in [6.07, 6.45) is 0. The monoisotopic (exact) mass is 351 g/mol. The van der Waals surface area contributed by atoms with Gasteiger partial charge in [0, 0.05) is 17.1 Å². The number of anilines is 1. The second-order valence-corrected chi connectivity index (χ2v) is 6.38. The van der Waals surface area contributed by atoms with Gasteiger partial charge in [-0.05, 0) is 37.6 Å². The van der Waals surface area contributed by atoms with Crippen molar-refractivity contribution in [3.8, 4) is 6.07 Å². The largest absolute Gasteiger partial charge is 0.315 e. The third-order valence-corrected chi connectivity index (χ3v) is 4.72. The van der Waals surface area contributed by atoms with Crippen LogP contribution in [0.2, 0.25) is 5.02 Å². The number of carbonyl (C=O) groups is 1. The van der Waals surface area contributed by atoms with Crippen molar-refractivity contribution < 1.29 is 9.18 Å². The Morgan fingerprint density at radius 2 is 2.26 bits per heavy atom. The fourth-order valence-corrected chi connectivity index (χ4v) is 2.94. The zero-order valence-electron chi connectivity index (χ0n) is 12.6. The number of halogens is 2. The summed E-state index contributed by atoms with van der Waals surface area (Å²) < 4.78 is 13.8. The molecule has 0 saturated heterocycles. The van der Waals surface area contributed by atoms with Gasteiger partial charge in [0.1, 0.15) is 16.9 Å². The van der Waals surface area contributed by atoms with E-state index < -0.39 is 11.9 Å². The van der Waals surface area contributed by atoms with Crippen molar-refractivity contribution in [1.82, 2.24) is 4.90 Å². The van der Waals surface area contributed by atoms with Crippen LogP contribution in [0.4, 0.5) is 9.39 Å². The minimum Gasteiger partial charge on any atom is -0.315 e. The van der Waals surface area contributed by atoms with E-state index in [1.807, 2.05) is 6.07 Å². The van der Waals surface area contributed by atoms with Crippen molar-refractivity contribution in [2.45, 2.75) is 19.5 Å². The molecule has 0 aliphatic heterocycles. The summed E-state index contributed by atoms with van der Waals surface area (Å²) in [6, 6.07) is 7.64. The van der Waals surface area contributed by atoms with Crippen molar-refractivity contribution in [2.75, 3.05) is 12.4 Å². The first-order valence-corrected chi connectivity index (χ1v) is 8.11. The molecule has 0 aliphatic carbocycles. The standard InChI is InChI=1S/C16H15ClFN3OS/c1-10(15(22)20-16-11(8-19)6-7-23-16)21(2)9-12-13(17)4-3-5-14(12)18/h3-7,10H,9H2,1-2H3,(H,20,22)/t10-/m1/s1. The predicted molar refractivity (Wildman–Crippen MR) is 90.0 cm³/mol. The lowest BCUT2D eigenvalue weighted by Gasteiger charge is -2.24. The van der Waals surface area contributed by atoms with Gasteiger partial charge >= 0.3 is 0 Å². The molecule has 0 unspecified atom stereocenters. The van der Waals surface area contributed by atoms with Crippen LogP contribution < -0.4 is 5.32 Å². The summed E-state index contributed by atoms with van der Waals surface area (Å²) in [5, 5.41) is 14.3. The zero-order chi connectivity index (χ0) is 17.0. The number of carbonyl (C=O) groups excluding carboxylic acids is 1. The van der Waals surface area contributed by atoms with E-state index in [0.717, 1.165) is 0 Å². The molecule has 1 aromatic heterocycles. The normalized spacial score (nSPS) is 12.0. The van der Waals surface area contributed by atoms with Crippen LogP contribution in [-0.2, 0) is 11.3 Å². The number of nitrogens with zero attached hydrogens (tertiary/aromatic N) is 2. The smallest absolute Gasteiger partial charge is 0.242 e. The van der Waals surface area contributed by atoms with E-state index in [-0.39, 0.29) is 12.5 Å². The maximum Gasteiger partial charge on any atom is 0.242 e. The molecular weight excluding hydrogens is 337 g/mol. The molecule has 23 heavy (non-hydrogen) atoms. The van der Waals surface area contributed by atoms with Crippen molar-refractivity contribution in [2.24, 2.45) is 0 Å². The Kier molecular flexibility index (Phi) is 5.72. The van der Waals surface area contributed by atoms with Crippen molar-refractivity contribution in [3.05, 3.63) is 51.6 Å². The number of likely N-dealkylation sites (N-methyl/N-ethyl adjacent to an activating group) is 1. The molecule has 0 bridgehead atoms. The van der Waals surface area contributed by atoms with Crippen LogP contribution in [0.5, 0.6) is 0 Å². The van der Waals surface area contributed by atoms with E-state index >= 15 is 0 Å². The van der Waals surface area contributed by atoms with Crippen molar-refractivity contribution in [3.63, 3.8) is 0 Å². The quantitative estimate of drug-likeness (QED) is 0.889. The number of hydrogen-bond acceptors (Lipinski definition) is 4. The lowest BCUT2D eigenvalue weighted by atomic mass is 10.1. The summed E-state index contributed by atoms with van der Waals surface area (Å²) >= 11 is 7.30. The molecule has 4 nitrogen and oxygen atoms in total. The highest BCUT2D eigenvalue weighted by Crippen LogP contribution is 2.24. The minimum absolute atomic E-state index is 0.204. The number of nitrogens with one attached hydrogen (secondary N) is 1. The topological polar surface area (TPSA) is 56.1 Å². The molecule has 1 amide bonds. The first kappa shape index (κ1) is 17.4. The number of thiophene rings is 1. The molecule has 1 N–H and O–H groups in total. The molecule has 1 heterocycles. The summed E-state index contributed by atoms with van der Waals surface area (Å²) in [6.45, 7) is 1.92. The third kappa shape index (κ3) is 4.08. The lowest BCUT2D eigenvalue weighted by molar-refractivity contribution is -0.120. The molecule has 2 aromatic rings. The van der Waals surface area contributed by atoms with Crippen molar-refractivity contribution in [1.29, 1.82) is 5.26 Å². The SMILES string of the molecule is C[C@H](C(=O)Nc1sccc1C#N)N(C)Cc1c(F)cccc1Cl. The minimum atomic E-state index is -0.515. The van der Waals surface area contributed by atoms with Crippen molar-refractivity contribution >= 4 is 33.8 Å². The average Bonchev–Trinajstić information content (AvgIpc) is 2.97. The molecule has 1 atom stereocenters. The second-order valence-electron chi connectivity index (χ2n) is 5.06. The highest BCUT2D eigenvalue weighted by Gasteiger charge is 2.21.